The minimum Gasteiger partial charge on any atom is -0.300 e. The number of nitrogens with zero attached hydrogens (tertiary/aromatic N) is 2. The van der Waals surface area contributed by atoms with Crippen LogP contribution in [0.3, 0.4) is 0 Å². The number of sulfonamides is 1. The van der Waals surface area contributed by atoms with Crippen LogP contribution in [-0.2, 0) is 10.0 Å². The summed E-state index contributed by atoms with van der Waals surface area (Å²) in [6.45, 7) is 9.95. The van der Waals surface area contributed by atoms with Crippen LogP contribution in [0, 0.1) is 19.8 Å². The molecule has 0 N–H and O–H groups in total. The van der Waals surface area contributed by atoms with Gasteiger partial charge in [-0.3, -0.25) is 0 Å². The van der Waals surface area contributed by atoms with Crippen LogP contribution in [-0.4, -0.2) is 49.8 Å². The first kappa shape index (κ1) is 17.9. The number of benzene rings is 1. The number of aryl methyl sites for hydroxylation is 2. The molecule has 0 atom stereocenters. The van der Waals surface area contributed by atoms with Gasteiger partial charge in [-0.1, -0.05) is 13.0 Å². The van der Waals surface area contributed by atoms with Gasteiger partial charge in [-0.25, -0.2) is 8.42 Å². The van der Waals surface area contributed by atoms with Crippen LogP contribution in [0.25, 0.3) is 0 Å². The molecule has 0 saturated carbocycles. The lowest BCUT2D eigenvalue weighted by atomic mass is 9.95. The van der Waals surface area contributed by atoms with Crippen LogP contribution < -0.4 is 0 Å². The molecular formula is C19H30N2O2S. The van der Waals surface area contributed by atoms with Crippen LogP contribution in [0.1, 0.15) is 43.7 Å². The number of hydrogen-bond donors (Lipinski definition) is 0. The second-order valence-corrected chi connectivity index (χ2v) is 9.54. The van der Waals surface area contributed by atoms with E-state index in [1.54, 1.807) is 10.4 Å². The van der Waals surface area contributed by atoms with Gasteiger partial charge in [0.05, 0.1) is 4.90 Å². The monoisotopic (exact) mass is 350 g/mol. The Kier molecular flexibility index (Phi) is 5.33. The second kappa shape index (κ2) is 7.14. The third-order valence-electron chi connectivity index (χ3n) is 5.87. The summed E-state index contributed by atoms with van der Waals surface area (Å²) in [5, 5.41) is 0. The minimum absolute atomic E-state index is 0.441. The molecule has 24 heavy (non-hydrogen) atoms. The molecule has 3 rings (SSSR count). The van der Waals surface area contributed by atoms with Gasteiger partial charge >= 0.3 is 0 Å². The molecule has 0 aliphatic carbocycles. The summed E-state index contributed by atoms with van der Waals surface area (Å²) in [6.07, 6.45) is 4.47. The molecule has 2 fully saturated rings. The first-order valence-corrected chi connectivity index (χ1v) is 10.6. The van der Waals surface area contributed by atoms with Crippen molar-refractivity contribution >= 4 is 10.0 Å². The molecule has 2 aliphatic rings. The first-order chi connectivity index (χ1) is 11.4. The lowest BCUT2D eigenvalue weighted by molar-refractivity contribution is 0.101. The van der Waals surface area contributed by atoms with E-state index in [-0.39, 0.29) is 0 Å². The van der Waals surface area contributed by atoms with E-state index in [2.05, 4.69) is 11.8 Å². The van der Waals surface area contributed by atoms with Crippen LogP contribution >= 0.6 is 0 Å². The van der Waals surface area contributed by atoms with E-state index in [0.29, 0.717) is 24.0 Å². The van der Waals surface area contributed by atoms with Crippen molar-refractivity contribution in [1.29, 1.82) is 0 Å². The standard InChI is InChI=1S/C19H30N2O2S/c1-15-6-10-20(11-7-15)18-8-12-21(13-9-18)24(22,23)19-5-4-16(2)17(3)14-19/h4-5,14-15,18H,6-13H2,1-3H3. The summed E-state index contributed by atoms with van der Waals surface area (Å²) in [6, 6.07) is 6.02. The predicted octanol–water partition coefficient (Wildman–Crippen LogP) is 3.19. The maximum atomic E-state index is 12.9. The highest BCUT2D eigenvalue weighted by molar-refractivity contribution is 7.89. The molecule has 2 aliphatic heterocycles. The molecule has 134 valence electrons. The van der Waals surface area contributed by atoms with E-state index in [4.69, 9.17) is 0 Å². The van der Waals surface area contributed by atoms with E-state index in [0.717, 1.165) is 29.9 Å². The zero-order valence-electron chi connectivity index (χ0n) is 15.2. The van der Waals surface area contributed by atoms with Gasteiger partial charge in [0.25, 0.3) is 0 Å². The molecule has 0 radical (unpaired) electrons. The van der Waals surface area contributed by atoms with Crippen LogP contribution in [0.2, 0.25) is 0 Å². The largest absolute Gasteiger partial charge is 0.300 e. The zero-order valence-corrected chi connectivity index (χ0v) is 16.0. The summed E-state index contributed by atoms with van der Waals surface area (Å²) in [4.78, 5) is 3.02. The SMILES string of the molecule is Cc1ccc(S(=O)(=O)N2CCC(N3CCC(C)CC3)CC2)cc1C. The average Bonchev–Trinajstić information content (AvgIpc) is 2.58. The summed E-state index contributed by atoms with van der Waals surface area (Å²) < 4.78 is 27.5. The molecule has 1 aromatic rings. The van der Waals surface area contributed by atoms with E-state index < -0.39 is 10.0 Å². The lowest BCUT2D eigenvalue weighted by Crippen LogP contribution is -2.48. The number of rotatable bonds is 3. The summed E-state index contributed by atoms with van der Waals surface area (Å²) in [5.74, 6) is 0.839. The molecule has 1 aromatic carbocycles. The fourth-order valence-corrected chi connectivity index (χ4v) is 5.42. The lowest BCUT2D eigenvalue weighted by Gasteiger charge is -2.41. The highest BCUT2D eigenvalue weighted by Gasteiger charge is 2.32. The Morgan fingerprint density at radius 2 is 1.54 bits per heavy atom. The Morgan fingerprint density at radius 1 is 0.917 bits per heavy atom. The van der Waals surface area contributed by atoms with Gasteiger partial charge in [0, 0.05) is 19.1 Å². The number of likely N-dealkylation sites (tertiary alicyclic amines) is 1. The van der Waals surface area contributed by atoms with Gasteiger partial charge in [0.1, 0.15) is 0 Å². The van der Waals surface area contributed by atoms with E-state index >= 15 is 0 Å². The number of piperidine rings is 2. The van der Waals surface area contributed by atoms with Crippen molar-refractivity contribution in [3.05, 3.63) is 29.3 Å². The molecule has 2 saturated heterocycles. The van der Waals surface area contributed by atoms with Crippen molar-refractivity contribution in [3.8, 4) is 0 Å². The highest BCUT2D eigenvalue weighted by Crippen LogP contribution is 2.27. The van der Waals surface area contributed by atoms with Crippen LogP contribution in [0.4, 0.5) is 0 Å². The molecule has 0 amide bonds. The van der Waals surface area contributed by atoms with E-state index in [1.165, 1.54) is 25.9 Å². The Balaban J connectivity index is 1.64. The van der Waals surface area contributed by atoms with Gasteiger partial charge in [-0.15, -0.1) is 0 Å². The molecule has 4 nitrogen and oxygen atoms in total. The van der Waals surface area contributed by atoms with Gasteiger partial charge < -0.3 is 4.90 Å². The normalized spacial score (nSPS) is 22.8. The molecule has 0 aromatic heterocycles. The van der Waals surface area contributed by atoms with Crippen molar-refractivity contribution in [2.45, 2.75) is 57.4 Å². The van der Waals surface area contributed by atoms with Crippen molar-refractivity contribution in [2.75, 3.05) is 26.2 Å². The smallest absolute Gasteiger partial charge is 0.243 e. The molecule has 5 heteroatoms. The maximum absolute atomic E-state index is 12.9. The molecule has 0 bridgehead atoms. The fourth-order valence-electron chi connectivity index (χ4n) is 3.86. The zero-order chi connectivity index (χ0) is 17.3. The molecule has 0 spiro atoms. The molecular weight excluding hydrogens is 320 g/mol. The predicted molar refractivity (Wildman–Crippen MR) is 97.7 cm³/mol. The Morgan fingerprint density at radius 3 is 2.12 bits per heavy atom. The van der Waals surface area contributed by atoms with Gasteiger partial charge in [0.2, 0.25) is 10.0 Å². The van der Waals surface area contributed by atoms with Crippen molar-refractivity contribution in [1.82, 2.24) is 9.21 Å². The van der Waals surface area contributed by atoms with E-state index in [1.807, 2.05) is 26.0 Å². The molecule has 0 unspecified atom stereocenters. The van der Waals surface area contributed by atoms with Gasteiger partial charge in [-0.05, 0) is 81.8 Å². The summed E-state index contributed by atoms with van der Waals surface area (Å²) >= 11 is 0. The topological polar surface area (TPSA) is 40.6 Å². The highest BCUT2D eigenvalue weighted by atomic mass is 32.2. The number of hydrogen-bond acceptors (Lipinski definition) is 3. The Labute approximate surface area is 146 Å². The third kappa shape index (κ3) is 3.68. The average molecular weight is 351 g/mol. The minimum atomic E-state index is -3.35. The molecule has 2 heterocycles. The fraction of sp³-hybridized carbons (Fsp3) is 0.684. The quantitative estimate of drug-likeness (QED) is 0.840. The van der Waals surface area contributed by atoms with Gasteiger partial charge in [-0.2, -0.15) is 4.31 Å². The van der Waals surface area contributed by atoms with Crippen LogP contribution in [0.15, 0.2) is 23.1 Å². The van der Waals surface area contributed by atoms with Gasteiger partial charge in [0.15, 0.2) is 0 Å². The van der Waals surface area contributed by atoms with Crippen molar-refractivity contribution < 1.29 is 8.42 Å². The van der Waals surface area contributed by atoms with E-state index in [9.17, 15) is 8.42 Å². The Bertz CT molecular complexity index is 671. The first-order valence-electron chi connectivity index (χ1n) is 9.19. The third-order valence-corrected chi connectivity index (χ3v) is 7.77. The second-order valence-electron chi connectivity index (χ2n) is 7.60. The van der Waals surface area contributed by atoms with Crippen molar-refractivity contribution in [3.63, 3.8) is 0 Å². The maximum Gasteiger partial charge on any atom is 0.243 e. The Hall–Kier alpha value is -0.910. The van der Waals surface area contributed by atoms with Crippen molar-refractivity contribution in [2.24, 2.45) is 5.92 Å². The van der Waals surface area contributed by atoms with Crippen LogP contribution in [0.5, 0.6) is 0 Å². The summed E-state index contributed by atoms with van der Waals surface area (Å²) in [5.41, 5.74) is 2.17. The summed E-state index contributed by atoms with van der Waals surface area (Å²) in [7, 11) is -3.35.